The van der Waals surface area contributed by atoms with Crippen molar-refractivity contribution in [1.82, 2.24) is 5.32 Å². The topological polar surface area (TPSA) is 55.1 Å². The molecule has 4 heteroatoms. The first-order chi connectivity index (χ1) is 7.09. The molecule has 0 spiro atoms. The van der Waals surface area contributed by atoms with Crippen molar-refractivity contribution >= 4 is 18.3 Å². The number of carbonyl (C=O) groups excluding carboxylic acids is 1. The highest BCUT2D eigenvalue weighted by molar-refractivity contribution is 5.85. The minimum atomic E-state index is -0.344. The first-order valence-corrected chi connectivity index (χ1v) is 6.10. The molecule has 0 radical (unpaired) electrons. The highest BCUT2D eigenvalue weighted by Crippen LogP contribution is 2.33. The Balaban J connectivity index is 0.00000225. The van der Waals surface area contributed by atoms with Crippen LogP contribution in [0.25, 0.3) is 0 Å². The molecule has 16 heavy (non-hydrogen) atoms. The van der Waals surface area contributed by atoms with E-state index in [-0.39, 0.29) is 23.7 Å². The first kappa shape index (κ1) is 15.7. The normalized spacial score (nSPS) is 17.5. The van der Waals surface area contributed by atoms with Gasteiger partial charge in [0.05, 0.1) is 5.41 Å². The standard InChI is InChI=1S/C12H24N2O.ClH/c1-4-12(5-2,8-13)11(15)14-9(3)10-6-7-10;/h9-10H,4-8,13H2,1-3H3,(H,14,15);1H. The highest BCUT2D eigenvalue weighted by atomic mass is 35.5. The Morgan fingerprint density at radius 2 is 1.94 bits per heavy atom. The fourth-order valence-corrected chi connectivity index (χ4v) is 2.03. The van der Waals surface area contributed by atoms with Gasteiger partial charge in [0.25, 0.3) is 0 Å². The van der Waals surface area contributed by atoms with Crippen LogP contribution in [0, 0.1) is 11.3 Å². The largest absolute Gasteiger partial charge is 0.353 e. The van der Waals surface area contributed by atoms with Gasteiger partial charge in [0.1, 0.15) is 0 Å². The smallest absolute Gasteiger partial charge is 0.227 e. The van der Waals surface area contributed by atoms with Gasteiger partial charge in [0, 0.05) is 12.6 Å². The summed E-state index contributed by atoms with van der Waals surface area (Å²) in [5.74, 6) is 0.854. The van der Waals surface area contributed by atoms with E-state index in [9.17, 15) is 4.79 Å². The SMILES string of the molecule is CCC(CC)(CN)C(=O)NC(C)C1CC1.Cl. The molecule has 0 aromatic heterocycles. The van der Waals surface area contributed by atoms with Crippen LogP contribution >= 0.6 is 12.4 Å². The van der Waals surface area contributed by atoms with Crippen LogP contribution in [0.15, 0.2) is 0 Å². The van der Waals surface area contributed by atoms with Gasteiger partial charge < -0.3 is 11.1 Å². The van der Waals surface area contributed by atoms with Gasteiger partial charge in [-0.3, -0.25) is 4.79 Å². The zero-order valence-electron chi connectivity index (χ0n) is 10.6. The lowest BCUT2D eigenvalue weighted by atomic mass is 9.81. The van der Waals surface area contributed by atoms with Crippen LogP contribution in [0.5, 0.6) is 0 Å². The average Bonchev–Trinajstić information content (AvgIpc) is 3.04. The van der Waals surface area contributed by atoms with E-state index in [0.717, 1.165) is 12.8 Å². The van der Waals surface area contributed by atoms with E-state index in [4.69, 9.17) is 5.73 Å². The van der Waals surface area contributed by atoms with Crippen molar-refractivity contribution in [2.75, 3.05) is 6.54 Å². The summed E-state index contributed by atoms with van der Waals surface area (Å²) in [5, 5.41) is 3.12. The number of amides is 1. The lowest BCUT2D eigenvalue weighted by Gasteiger charge is -2.30. The number of carbonyl (C=O) groups is 1. The number of hydrogen-bond acceptors (Lipinski definition) is 2. The molecule has 0 bridgehead atoms. The summed E-state index contributed by atoms with van der Waals surface area (Å²) in [6.45, 7) is 6.63. The number of hydrogen-bond donors (Lipinski definition) is 2. The van der Waals surface area contributed by atoms with E-state index in [2.05, 4.69) is 12.2 Å². The summed E-state index contributed by atoms with van der Waals surface area (Å²) >= 11 is 0. The fraction of sp³-hybridized carbons (Fsp3) is 0.917. The zero-order valence-corrected chi connectivity index (χ0v) is 11.4. The maximum Gasteiger partial charge on any atom is 0.227 e. The minimum absolute atomic E-state index is 0. The number of halogens is 1. The molecule has 0 heterocycles. The highest BCUT2D eigenvalue weighted by Gasteiger charge is 2.36. The quantitative estimate of drug-likeness (QED) is 0.756. The van der Waals surface area contributed by atoms with Crippen LogP contribution < -0.4 is 11.1 Å². The zero-order chi connectivity index (χ0) is 11.5. The van der Waals surface area contributed by atoms with Gasteiger partial charge in [0.2, 0.25) is 5.91 Å². The Labute approximate surface area is 105 Å². The predicted octanol–water partition coefficient (Wildman–Crippen LogP) is 2.09. The van der Waals surface area contributed by atoms with Gasteiger partial charge in [-0.25, -0.2) is 0 Å². The Morgan fingerprint density at radius 1 is 1.44 bits per heavy atom. The first-order valence-electron chi connectivity index (χ1n) is 6.10. The second-order valence-corrected chi connectivity index (χ2v) is 4.79. The molecule has 0 aromatic carbocycles. The van der Waals surface area contributed by atoms with Gasteiger partial charge in [-0.05, 0) is 38.5 Å². The second kappa shape index (κ2) is 6.45. The molecular weight excluding hydrogens is 224 g/mol. The lowest BCUT2D eigenvalue weighted by molar-refractivity contribution is -0.131. The van der Waals surface area contributed by atoms with E-state index in [1.807, 2.05) is 13.8 Å². The third-order valence-electron chi connectivity index (χ3n) is 3.91. The molecule has 1 saturated carbocycles. The van der Waals surface area contributed by atoms with Crippen LogP contribution in [0.4, 0.5) is 0 Å². The van der Waals surface area contributed by atoms with Crippen LogP contribution in [0.1, 0.15) is 46.5 Å². The van der Waals surface area contributed by atoms with Crippen LogP contribution in [-0.2, 0) is 4.79 Å². The van der Waals surface area contributed by atoms with E-state index in [1.54, 1.807) is 0 Å². The summed E-state index contributed by atoms with van der Waals surface area (Å²) in [7, 11) is 0. The maximum atomic E-state index is 12.1. The number of nitrogens with two attached hydrogens (primary N) is 1. The second-order valence-electron chi connectivity index (χ2n) is 4.79. The Morgan fingerprint density at radius 3 is 2.25 bits per heavy atom. The lowest BCUT2D eigenvalue weighted by Crippen LogP contribution is -2.48. The minimum Gasteiger partial charge on any atom is -0.353 e. The Bertz CT molecular complexity index is 217. The third-order valence-corrected chi connectivity index (χ3v) is 3.91. The molecule has 0 saturated heterocycles. The molecule has 1 fully saturated rings. The molecule has 0 aliphatic heterocycles. The van der Waals surface area contributed by atoms with Crippen molar-refractivity contribution in [3.05, 3.63) is 0 Å². The van der Waals surface area contributed by atoms with E-state index >= 15 is 0 Å². The monoisotopic (exact) mass is 248 g/mol. The van der Waals surface area contributed by atoms with Crippen LogP contribution in [0.2, 0.25) is 0 Å². The van der Waals surface area contributed by atoms with Crippen molar-refractivity contribution in [3.63, 3.8) is 0 Å². The molecule has 3 nitrogen and oxygen atoms in total. The Hall–Kier alpha value is -0.280. The third kappa shape index (κ3) is 3.36. The van der Waals surface area contributed by atoms with E-state index < -0.39 is 0 Å². The van der Waals surface area contributed by atoms with Gasteiger partial charge >= 0.3 is 0 Å². The van der Waals surface area contributed by atoms with Crippen molar-refractivity contribution in [3.8, 4) is 0 Å². The summed E-state index contributed by atoms with van der Waals surface area (Å²) < 4.78 is 0. The summed E-state index contributed by atoms with van der Waals surface area (Å²) in [6.07, 6.45) is 4.16. The Kier molecular flexibility index (Phi) is 6.34. The van der Waals surface area contributed by atoms with Crippen molar-refractivity contribution in [2.45, 2.75) is 52.5 Å². The molecular formula is C12H25ClN2O. The number of nitrogens with one attached hydrogen (secondary N) is 1. The molecule has 1 rings (SSSR count). The predicted molar refractivity (Wildman–Crippen MR) is 69.6 cm³/mol. The molecule has 96 valence electrons. The molecule has 0 aromatic rings. The van der Waals surface area contributed by atoms with E-state index in [1.165, 1.54) is 12.8 Å². The van der Waals surface area contributed by atoms with Crippen molar-refractivity contribution in [1.29, 1.82) is 0 Å². The van der Waals surface area contributed by atoms with Gasteiger partial charge in [-0.15, -0.1) is 12.4 Å². The van der Waals surface area contributed by atoms with Gasteiger partial charge in [0.15, 0.2) is 0 Å². The molecule has 1 unspecified atom stereocenters. The summed E-state index contributed by atoms with van der Waals surface area (Å²) in [6, 6.07) is 0.321. The van der Waals surface area contributed by atoms with Crippen molar-refractivity contribution < 1.29 is 4.79 Å². The van der Waals surface area contributed by atoms with E-state index in [0.29, 0.717) is 18.5 Å². The van der Waals surface area contributed by atoms with Gasteiger partial charge in [-0.1, -0.05) is 13.8 Å². The average molecular weight is 249 g/mol. The number of rotatable bonds is 6. The van der Waals surface area contributed by atoms with Gasteiger partial charge in [-0.2, -0.15) is 0 Å². The summed E-state index contributed by atoms with van der Waals surface area (Å²) in [5.41, 5.74) is 5.39. The molecule has 1 aliphatic rings. The molecule has 3 N–H and O–H groups in total. The molecule has 1 amide bonds. The molecule has 1 atom stereocenters. The maximum absolute atomic E-state index is 12.1. The van der Waals surface area contributed by atoms with Crippen LogP contribution in [0.3, 0.4) is 0 Å². The van der Waals surface area contributed by atoms with Crippen molar-refractivity contribution in [2.24, 2.45) is 17.1 Å². The molecule has 1 aliphatic carbocycles. The van der Waals surface area contributed by atoms with Crippen LogP contribution in [-0.4, -0.2) is 18.5 Å². The summed E-state index contributed by atoms with van der Waals surface area (Å²) in [4.78, 5) is 12.1. The fourth-order valence-electron chi connectivity index (χ4n) is 2.03.